The molecule has 1 fully saturated rings. The van der Waals surface area contributed by atoms with Gasteiger partial charge >= 0.3 is 0 Å². The molecule has 2 heterocycles. The van der Waals surface area contributed by atoms with Crippen molar-refractivity contribution in [2.24, 2.45) is 18.9 Å². The zero-order valence-corrected chi connectivity index (χ0v) is 20.4. The van der Waals surface area contributed by atoms with Crippen molar-refractivity contribution in [2.75, 3.05) is 29.4 Å². The van der Waals surface area contributed by atoms with E-state index in [1.165, 1.54) is 22.3 Å². The number of carbonyl (C=O) groups is 1. The third-order valence-electron chi connectivity index (χ3n) is 5.48. The van der Waals surface area contributed by atoms with Crippen LogP contribution in [0.3, 0.4) is 0 Å². The predicted octanol–water partition coefficient (Wildman–Crippen LogP) is 2.69. The molecule has 0 aliphatic carbocycles. The van der Waals surface area contributed by atoms with Crippen molar-refractivity contribution in [3.05, 3.63) is 35.7 Å². The molecule has 0 N–H and O–H groups in total. The molecule has 31 heavy (non-hydrogen) atoms. The lowest BCUT2D eigenvalue weighted by Crippen LogP contribution is -2.43. The van der Waals surface area contributed by atoms with Gasteiger partial charge in [-0.05, 0) is 37.3 Å². The number of rotatable bonds is 7. The van der Waals surface area contributed by atoms with Gasteiger partial charge in [-0.3, -0.25) is 9.10 Å². The van der Waals surface area contributed by atoms with E-state index in [0.29, 0.717) is 34.3 Å². The second-order valence-corrected chi connectivity index (χ2v) is 11.4. The number of aromatic nitrogens is 3. The quantitative estimate of drug-likeness (QED) is 0.584. The lowest BCUT2D eigenvalue weighted by Gasteiger charge is -2.34. The monoisotopic (exact) mass is 465 g/mol. The number of hydrogen-bond acceptors (Lipinski definition) is 6. The molecule has 0 saturated carbocycles. The van der Waals surface area contributed by atoms with Crippen LogP contribution in [0.5, 0.6) is 0 Å². The van der Waals surface area contributed by atoms with Crippen molar-refractivity contribution in [1.29, 1.82) is 0 Å². The first-order chi connectivity index (χ1) is 14.5. The summed E-state index contributed by atoms with van der Waals surface area (Å²) in [5.74, 6) is 1.94. The molecule has 8 nitrogen and oxygen atoms in total. The Hall–Kier alpha value is -2.07. The molecule has 1 aliphatic heterocycles. The minimum absolute atomic E-state index is 0.0705. The smallest absolute Gasteiger partial charge is 0.233 e. The first kappa shape index (κ1) is 23.6. The number of nitrogens with zero attached hydrogens (tertiary/aromatic N) is 5. The second kappa shape index (κ2) is 9.60. The Bertz CT molecular complexity index is 1010. The third-order valence-corrected chi connectivity index (χ3v) is 7.62. The number of thioether (sulfide) groups is 1. The maximum absolute atomic E-state index is 12.7. The van der Waals surface area contributed by atoms with Crippen LogP contribution in [0.15, 0.2) is 29.4 Å². The first-order valence-electron chi connectivity index (χ1n) is 10.4. The van der Waals surface area contributed by atoms with Crippen LogP contribution in [0.2, 0.25) is 0 Å². The number of aryl methyl sites for hydroxylation is 1. The fraction of sp³-hybridized carbons (Fsp3) is 0.571. The number of sulfonamides is 1. The Morgan fingerprint density at radius 3 is 2.35 bits per heavy atom. The van der Waals surface area contributed by atoms with Crippen molar-refractivity contribution < 1.29 is 13.2 Å². The zero-order chi connectivity index (χ0) is 22.8. The summed E-state index contributed by atoms with van der Waals surface area (Å²) in [4.78, 5) is 14.6. The molecule has 10 heteroatoms. The van der Waals surface area contributed by atoms with Gasteiger partial charge in [0.2, 0.25) is 15.9 Å². The molecule has 0 radical (unpaired) electrons. The van der Waals surface area contributed by atoms with Crippen LogP contribution < -0.4 is 4.31 Å². The summed E-state index contributed by atoms with van der Waals surface area (Å²) in [5.41, 5.74) is 1.63. The van der Waals surface area contributed by atoms with E-state index < -0.39 is 10.0 Å². The Morgan fingerprint density at radius 2 is 1.77 bits per heavy atom. The standard InChI is InChI=1S/C21H31N5O3S2/c1-15-6-8-18(9-7-15)26(31(5,28)29)13-19-22-23-21(24(19)4)30-14-20(27)25-11-16(2)10-17(3)12-25/h6-9,16-17H,10-14H2,1-5H3/t16-,17+. The minimum Gasteiger partial charge on any atom is -0.341 e. The van der Waals surface area contributed by atoms with Gasteiger partial charge in [-0.2, -0.15) is 0 Å². The molecule has 170 valence electrons. The van der Waals surface area contributed by atoms with Crippen molar-refractivity contribution in [2.45, 2.75) is 38.9 Å². The van der Waals surface area contributed by atoms with Gasteiger partial charge in [0.05, 0.1) is 24.2 Å². The molecule has 2 atom stereocenters. The molecule has 3 rings (SSSR count). The Balaban J connectivity index is 1.69. The van der Waals surface area contributed by atoms with Gasteiger partial charge in [-0.25, -0.2) is 8.42 Å². The highest BCUT2D eigenvalue weighted by Gasteiger charge is 2.26. The van der Waals surface area contributed by atoms with Crippen molar-refractivity contribution >= 4 is 33.4 Å². The van der Waals surface area contributed by atoms with Crippen LogP contribution in [0.25, 0.3) is 0 Å². The lowest BCUT2D eigenvalue weighted by atomic mass is 9.92. The highest BCUT2D eigenvalue weighted by atomic mass is 32.2. The number of anilines is 1. The molecule has 2 aromatic rings. The van der Waals surface area contributed by atoms with Crippen molar-refractivity contribution in [3.63, 3.8) is 0 Å². The van der Waals surface area contributed by atoms with Gasteiger partial charge in [0, 0.05) is 20.1 Å². The van der Waals surface area contributed by atoms with Crippen LogP contribution in [0, 0.1) is 18.8 Å². The van der Waals surface area contributed by atoms with Crippen LogP contribution in [0.4, 0.5) is 5.69 Å². The van der Waals surface area contributed by atoms with E-state index in [-0.39, 0.29) is 12.5 Å². The van der Waals surface area contributed by atoms with Crippen LogP contribution in [0.1, 0.15) is 31.7 Å². The number of benzene rings is 1. The van der Waals surface area contributed by atoms with Gasteiger partial charge in [0.25, 0.3) is 0 Å². The Morgan fingerprint density at radius 1 is 1.16 bits per heavy atom. The molecule has 0 spiro atoms. The van der Waals surface area contributed by atoms with E-state index in [1.807, 2.05) is 24.0 Å². The summed E-state index contributed by atoms with van der Waals surface area (Å²) < 4.78 is 27.9. The molecule has 1 aliphatic rings. The largest absolute Gasteiger partial charge is 0.341 e. The van der Waals surface area contributed by atoms with E-state index >= 15 is 0 Å². The summed E-state index contributed by atoms with van der Waals surface area (Å²) >= 11 is 1.33. The van der Waals surface area contributed by atoms with E-state index in [9.17, 15) is 13.2 Å². The molecular formula is C21H31N5O3S2. The number of amides is 1. The fourth-order valence-electron chi connectivity index (χ4n) is 3.93. The Labute approximate surface area is 189 Å². The number of piperidine rings is 1. The van der Waals surface area contributed by atoms with Crippen molar-refractivity contribution in [3.8, 4) is 0 Å². The molecule has 1 aromatic carbocycles. The average Bonchev–Trinajstić information content (AvgIpc) is 3.03. The SMILES string of the molecule is Cc1ccc(N(Cc2nnc(SCC(=O)N3C[C@H](C)C[C@H](C)C3)n2C)S(C)(=O)=O)cc1. The number of hydrogen-bond donors (Lipinski definition) is 0. The van der Waals surface area contributed by atoms with Crippen LogP contribution in [-0.2, 0) is 28.4 Å². The average molecular weight is 466 g/mol. The Kier molecular flexibility index (Phi) is 7.31. The molecule has 1 amide bonds. The van der Waals surface area contributed by atoms with E-state index in [1.54, 1.807) is 23.7 Å². The molecule has 1 saturated heterocycles. The molecule has 0 unspecified atom stereocenters. The second-order valence-electron chi connectivity index (χ2n) is 8.60. The van der Waals surface area contributed by atoms with Gasteiger partial charge in [0.1, 0.15) is 0 Å². The summed E-state index contributed by atoms with van der Waals surface area (Å²) in [6.07, 6.45) is 2.33. The van der Waals surface area contributed by atoms with Crippen LogP contribution >= 0.6 is 11.8 Å². The highest BCUT2D eigenvalue weighted by molar-refractivity contribution is 7.99. The normalized spacial score (nSPS) is 19.5. The maximum atomic E-state index is 12.7. The zero-order valence-electron chi connectivity index (χ0n) is 18.8. The van der Waals surface area contributed by atoms with Crippen LogP contribution in [-0.4, -0.2) is 59.1 Å². The van der Waals surface area contributed by atoms with E-state index in [2.05, 4.69) is 24.0 Å². The molecule has 1 aromatic heterocycles. The predicted molar refractivity (Wildman–Crippen MR) is 123 cm³/mol. The van der Waals surface area contributed by atoms with Gasteiger partial charge in [-0.15, -0.1) is 10.2 Å². The van der Waals surface area contributed by atoms with E-state index in [4.69, 9.17) is 0 Å². The third kappa shape index (κ3) is 6.00. The fourth-order valence-corrected chi connectivity index (χ4v) is 5.62. The minimum atomic E-state index is -3.50. The molecular weight excluding hydrogens is 434 g/mol. The maximum Gasteiger partial charge on any atom is 0.233 e. The van der Waals surface area contributed by atoms with E-state index in [0.717, 1.165) is 25.1 Å². The summed E-state index contributed by atoms with van der Waals surface area (Å²) in [5, 5.41) is 8.97. The van der Waals surface area contributed by atoms with Gasteiger partial charge in [0.15, 0.2) is 11.0 Å². The van der Waals surface area contributed by atoms with Gasteiger partial charge < -0.3 is 9.47 Å². The highest BCUT2D eigenvalue weighted by Crippen LogP contribution is 2.24. The topological polar surface area (TPSA) is 88.4 Å². The van der Waals surface area contributed by atoms with Gasteiger partial charge in [-0.1, -0.05) is 43.3 Å². The first-order valence-corrected chi connectivity index (χ1v) is 13.2. The summed E-state index contributed by atoms with van der Waals surface area (Å²) in [6, 6.07) is 7.31. The number of likely N-dealkylation sites (tertiary alicyclic amines) is 1. The van der Waals surface area contributed by atoms with Crippen molar-refractivity contribution in [1.82, 2.24) is 19.7 Å². The molecule has 0 bridgehead atoms. The lowest BCUT2D eigenvalue weighted by molar-refractivity contribution is -0.130. The summed E-state index contributed by atoms with van der Waals surface area (Å²) in [7, 11) is -1.71. The summed E-state index contributed by atoms with van der Waals surface area (Å²) in [6.45, 7) is 7.98. The number of carbonyl (C=O) groups excluding carboxylic acids is 1.